The zero-order chi connectivity index (χ0) is 11.0. The fourth-order valence-electron chi connectivity index (χ4n) is 0.874. The number of terminal acetylenes is 1. The number of methoxy groups -OCH3 is 2. The number of amides is 1. The summed E-state index contributed by atoms with van der Waals surface area (Å²) >= 11 is 5.41. The van der Waals surface area contributed by atoms with Crippen molar-refractivity contribution in [1.29, 1.82) is 0 Å². The zero-order valence-electron chi connectivity index (χ0n) is 8.33. The molecule has 0 aliphatic rings. The van der Waals surface area contributed by atoms with Crippen LogP contribution in [-0.2, 0) is 14.3 Å². The van der Waals surface area contributed by atoms with Gasteiger partial charge in [-0.15, -0.1) is 18.0 Å². The Morgan fingerprint density at radius 3 is 2.50 bits per heavy atom. The highest BCUT2D eigenvalue weighted by Gasteiger charge is 2.16. The van der Waals surface area contributed by atoms with Crippen LogP contribution in [0.25, 0.3) is 0 Å². The Kier molecular flexibility index (Phi) is 7.21. The van der Waals surface area contributed by atoms with Gasteiger partial charge in [0.15, 0.2) is 6.29 Å². The number of carbonyl (C=O) groups excluding carboxylic acids is 1. The van der Waals surface area contributed by atoms with E-state index < -0.39 is 6.29 Å². The molecule has 0 atom stereocenters. The van der Waals surface area contributed by atoms with Crippen LogP contribution in [0.1, 0.15) is 0 Å². The van der Waals surface area contributed by atoms with E-state index in [1.165, 1.54) is 19.1 Å². The van der Waals surface area contributed by atoms with Gasteiger partial charge in [-0.2, -0.15) is 0 Å². The van der Waals surface area contributed by atoms with Gasteiger partial charge in [0.2, 0.25) is 5.91 Å². The summed E-state index contributed by atoms with van der Waals surface area (Å²) in [6.45, 7) is 0.484. The molecule has 0 aromatic rings. The van der Waals surface area contributed by atoms with Gasteiger partial charge in [-0.25, -0.2) is 0 Å². The number of rotatable bonds is 6. The Bertz CT molecular complexity index is 211. The predicted molar refractivity (Wildman–Crippen MR) is 53.9 cm³/mol. The maximum absolute atomic E-state index is 11.3. The highest BCUT2D eigenvalue weighted by molar-refractivity contribution is 6.27. The molecule has 0 rings (SSSR count). The highest BCUT2D eigenvalue weighted by atomic mass is 35.5. The van der Waals surface area contributed by atoms with Crippen molar-refractivity contribution >= 4 is 17.5 Å². The van der Waals surface area contributed by atoms with Crippen LogP contribution >= 0.6 is 11.6 Å². The Labute approximate surface area is 89.1 Å². The molecule has 0 radical (unpaired) electrons. The third kappa shape index (κ3) is 4.47. The second-order valence-corrected chi connectivity index (χ2v) is 2.78. The van der Waals surface area contributed by atoms with Crippen molar-refractivity contribution in [3.63, 3.8) is 0 Å². The molecule has 0 spiro atoms. The van der Waals surface area contributed by atoms with Gasteiger partial charge in [0, 0.05) is 14.2 Å². The number of nitrogens with zero attached hydrogens (tertiary/aromatic N) is 1. The molecule has 0 unspecified atom stereocenters. The van der Waals surface area contributed by atoms with E-state index in [0.29, 0.717) is 0 Å². The summed E-state index contributed by atoms with van der Waals surface area (Å²) in [4.78, 5) is 12.7. The first-order chi connectivity index (χ1) is 6.69. The molecule has 14 heavy (non-hydrogen) atoms. The summed E-state index contributed by atoms with van der Waals surface area (Å²) in [5, 5.41) is 0. The molecule has 4 nitrogen and oxygen atoms in total. The Balaban J connectivity index is 4.21. The first-order valence-corrected chi connectivity index (χ1v) is 4.55. The van der Waals surface area contributed by atoms with Crippen LogP contribution in [0.2, 0.25) is 0 Å². The van der Waals surface area contributed by atoms with Gasteiger partial charge in [-0.3, -0.25) is 4.79 Å². The normalized spacial score (nSPS) is 9.93. The van der Waals surface area contributed by atoms with E-state index in [1.807, 2.05) is 0 Å². The largest absolute Gasteiger partial charge is 0.354 e. The Morgan fingerprint density at radius 1 is 1.57 bits per heavy atom. The van der Waals surface area contributed by atoms with Crippen LogP contribution in [0.4, 0.5) is 0 Å². The molecule has 0 aromatic carbocycles. The third-order valence-corrected chi connectivity index (χ3v) is 1.87. The Morgan fingerprint density at radius 2 is 2.14 bits per heavy atom. The van der Waals surface area contributed by atoms with Crippen molar-refractivity contribution in [1.82, 2.24) is 4.90 Å². The van der Waals surface area contributed by atoms with Crippen molar-refractivity contribution in [3.05, 3.63) is 0 Å². The van der Waals surface area contributed by atoms with Crippen LogP contribution in [0, 0.1) is 12.3 Å². The molecule has 0 heterocycles. The lowest BCUT2D eigenvalue weighted by molar-refractivity contribution is -0.142. The highest BCUT2D eigenvalue weighted by Crippen LogP contribution is 1.98. The summed E-state index contributed by atoms with van der Waals surface area (Å²) in [6.07, 6.45) is 4.64. The number of hydrogen-bond donors (Lipinski definition) is 0. The first kappa shape index (κ1) is 13.2. The molecule has 1 amide bonds. The van der Waals surface area contributed by atoms with Crippen LogP contribution in [0.3, 0.4) is 0 Å². The lowest BCUT2D eigenvalue weighted by Gasteiger charge is -2.23. The lowest BCUT2D eigenvalue weighted by Crippen LogP contribution is -2.39. The average Bonchev–Trinajstić information content (AvgIpc) is 2.23. The van der Waals surface area contributed by atoms with E-state index in [0.717, 1.165) is 0 Å². The minimum atomic E-state index is -0.476. The van der Waals surface area contributed by atoms with Crippen LogP contribution in [-0.4, -0.2) is 50.3 Å². The molecule has 5 heteroatoms. The van der Waals surface area contributed by atoms with Crippen LogP contribution in [0.15, 0.2) is 0 Å². The molecule has 0 fully saturated rings. The topological polar surface area (TPSA) is 38.8 Å². The van der Waals surface area contributed by atoms with Gasteiger partial charge in [-0.1, -0.05) is 5.92 Å². The van der Waals surface area contributed by atoms with Crippen molar-refractivity contribution < 1.29 is 14.3 Å². The number of alkyl halides is 1. The third-order valence-electron chi connectivity index (χ3n) is 1.64. The van der Waals surface area contributed by atoms with E-state index in [1.54, 1.807) is 0 Å². The van der Waals surface area contributed by atoms with Gasteiger partial charge in [0.25, 0.3) is 0 Å². The maximum Gasteiger partial charge on any atom is 0.238 e. The zero-order valence-corrected chi connectivity index (χ0v) is 9.08. The molecular weight excluding hydrogens is 206 g/mol. The fourth-order valence-corrected chi connectivity index (χ4v) is 1.04. The number of halogens is 1. The van der Waals surface area contributed by atoms with Crippen LogP contribution < -0.4 is 0 Å². The molecular formula is C9H14ClNO3. The summed E-state index contributed by atoms with van der Waals surface area (Å²) in [7, 11) is 2.99. The van der Waals surface area contributed by atoms with Gasteiger partial charge in [0.1, 0.15) is 5.88 Å². The smallest absolute Gasteiger partial charge is 0.238 e. The molecule has 0 aliphatic heterocycles. The lowest BCUT2D eigenvalue weighted by atomic mass is 10.4. The van der Waals surface area contributed by atoms with Crippen molar-refractivity contribution in [2.75, 3.05) is 33.2 Å². The number of ether oxygens (including phenoxy) is 2. The fraction of sp³-hybridized carbons (Fsp3) is 0.667. The van der Waals surface area contributed by atoms with Crippen molar-refractivity contribution in [3.8, 4) is 12.3 Å². The second kappa shape index (κ2) is 7.63. The summed E-state index contributed by atoms with van der Waals surface area (Å²) in [5.41, 5.74) is 0. The minimum Gasteiger partial charge on any atom is -0.354 e. The molecule has 0 bridgehead atoms. The summed E-state index contributed by atoms with van der Waals surface area (Å²) in [6, 6.07) is 0. The quantitative estimate of drug-likeness (QED) is 0.367. The monoisotopic (exact) mass is 219 g/mol. The van der Waals surface area contributed by atoms with E-state index in [2.05, 4.69) is 5.92 Å². The first-order valence-electron chi connectivity index (χ1n) is 4.02. The van der Waals surface area contributed by atoms with Crippen molar-refractivity contribution in [2.24, 2.45) is 0 Å². The van der Waals surface area contributed by atoms with E-state index in [9.17, 15) is 4.79 Å². The number of hydrogen-bond acceptors (Lipinski definition) is 3. The van der Waals surface area contributed by atoms with Crippen LogP contribution in [0.5, 0.6) is 0 Å². The van der Waals surface area contributed by atoms with E-state index in [-0.39, 0.29) is 24.9 Å². The summed E-state index contributed by atoms with van der Waals surface area (Å²) in [5.74, 6) is 2.04. The van der Waals surface area contributed by atoms with Gasteiger partial charge in [0.05, 0.1) is 13.1 Å². The van der Waals surface area contributed by atoms with Crippen molar-refractivity contribution in [2.45, 2.75) is 6.29 Å². The second-order valence-electron chi connectivity index (χ2n) is 2.51. The van der Waals surface area contributed by atoms with Gasteiger partial charge < -0.3 is 14.4 Å². The maximum atomic E-state index is 11.3. The molecule has 0 aromatic heterocycles. The van der Waals surface area contributed by atoms with E-state index >= 15 is 0 Å². The van der Waals surface area contributed by atoms with E-state index in [4.69, 9.17) is 27.5 Å². The van der Waals surface area contributed by atoms with Gasteiger partial charge >= 0.3 is 0 Å². The SMILES string of the molecule is C#CCN(CC(OC)OC)C(=O)CCl. The average molecular weight is 220 g/mol. The Hall–Kier alpha value is -0.760. The molecule has 0 N–H and O–H groups in total. The standard InChI is InChI=1S/C9H14ClNO3/c1-4-5-11(8(12)6-10)7-9(13-2)14-3/h1,9H,5-7H2,2-3H3. The predicted octanol–water partition coefficient (Wildman–Crippen LogP) is 0.306. The minimum absolute atomic E-state index is 0.0954. The molecule has 0 saturated carbocycles. The molecule has 80 valence electrons. The summed E-state index contributed by atoms with van der Waals surface area (Å²) < 4.78 is 9.89. The molecule has 0 aliphatic carbocycles. The number of carbonyl (C=O) groups is 1. The van der Waals surface area contributed by atoms with Gasteiger partial charge in [-0.05, 0) is 0 Å². The molecule has 0 saturated heterocycles.